The fourth-order valence-electron chi connectivity index (χ4n) is 5.45. The van der Waals surface area contributed by atoms with Crippen molar-refractivity contribution in [2.24, 2.45) is 0 Å². The third kappa shape index (κ3) is 8.81. The zero-order valence-electron chi connectivity index (χ0n) is 26.8. The molecule has 47 heavy (non-hydrogen) atoms. The highest BCUT2D eigenvalue weighted by Crippen LogP contribution is 2.41. The van der Waals surface area contributed by atoms with E-state index in [1.807, 2.05) is 26.0 Å². The van der Waals surface area contributed by atoms with Crippen molar-refractivity contribution in [2.45, 2.75) is 84.3 Å². The first-order valence-electron chi connectivity index (χ1n) is 15.8. The molecule has 252 valence electrons. The molecule has 1 aromatic heterocycles. The van der Waals surface area contributed by atoms with Gasteiger partial charge in [-0.15, -0.1) is 0 Å². The standard InChI is InChI=1S/C35H40F3N3O6/c1-4-10-24-20-28(32(39)35(36,37)38)29(42)27(11-5-2)30(24)47-31(34(44)46-22(3)33(43)41-18-8-9-19-41)23-13-15-26(16-14-23)45-21-25-12-6-7-17-40-25/h6-7,12-17,20,22,31,39,42H,4-5,8-11,18-19,21H2,1-3H3/p+1/t22-,31?/m1/s1. The molecule has 1 aliphatic rings. The van der Waals surface area contributed by atoms with Gasteiger partial charge >= 0.3 is 12.1 Å². The van der Waals surface area contributed by atoms with E-state index in [9.17, 15) is 22.8 Å². The van der Waals surface area contributed by atoms with Gasteiger partial charge in [0, 0.05) is 24.8 Å². The summed E-state index contributed by atoms with van der Waals surface area (Å²) in [6.45, 7) is 6.51. The lowest BCUT2D eigenvalue weighted by atomic mass is 9.94. The summed E-state index contributed by atoms with van der Waals surface area (Å²) in [7, 11) is 0. The molecule has 1 saturated heterocycles. The topological polar surface area (TPSA) is 125 Å². The van der Waals surface area contributed by atoms with Crippen LogP contribution in [0.1, 0.15) is 80.5 Å². The molecule has 2 aromatic carbocycles. The molecule has 1 unspecified atom stereocenters. The molecule has 2 heterocycles. The number of aromatic nitrogens is 1. The minimum atomic E-state index is -4.95. The number of alkyl halides is 3. The van der Waals surface area contributed by atoms with Gasteiger partial charge in [0.05, 0.1) is 11.3 Å². The summed E-state index contributed by atoms with van der Waals surface area (Å²) in [6.07, 6.45) is -2.64. The minimum Gasteiger partial charge on any atom is -0.593 e. The van der Waals surface area contributed by atoms with Gasteiger partial charge in [0.1, 0.15) is 23.7 Å². The van der Waals surface area contributed by atoms with Crippen LogP contribution in [0.15, 0.2) is 54.7 Å². The summed E-state index contributed by atoms with van der Waals surface area (Å²) in [5, 5.41) is 16.5. The lowest BCUT2D eigenvalue weighted by Gasteiger charge is -2.26. The molecule has 1 amide bonds. The van der Waals surface area contributed by atoms with Crippen molar-refractivity contribution in [1.82, 2.24) is 9.88 Å². The molecule has 3 aromatic rings. The fourth-order valence-corrected chi connectivity index (χ4v) is 5.45. The third-order valence-electron chi connectivity index (χ3n) is 7.83. The van der Waals surface area contributed by atoms with Gasteiger partial charge in [-0.05, 0) is 68.5 Å². The summed E-state index contributed by atoms with van der Waals surface area (Å²) in [5.41, 5.74) is -0.588. The Balaban J connectivity index is 1.72. The van der Waals surface area contributed by atoms with Crippen LogP contribution in [0, 0.1) is 5.41 Å². The van der Waals surface area contributed by atoms with Gasteiger partial charge in [-0.25, -0.2) is 4.79 Å². The van der Waals surface area contributed by atoms with E-state index in [4.69, 9.17) is 24.7 Å². The Morgan fingerprint density at radius 1 is 1.04 bits per heavy atom. The van der Waals surface area contributed by atoms with Crippen LogP contribution in [0.4, 0.5) is 13.2 Å². The quantitative estimate of drug-likeness (QED) is 0.118. The van der Waals surface area contributed by atoms with Crippen molar-refractivity contribution in [3.05, 3.63) is 82.7 Å². The number of ether oxygens (including phenoxy) is 3. The number of benzene rings is 2. The molecule has 9 nitrogen and oxygen atoms in total. The van der Waals surface area contributed by atoms with Gasteiger partial charge in [0.2, 0.25) is 6.10 Å². The van der Waals surface area contributed by atoms with E-state index in [0.717, 1.165) is 24.6 Å². The Bertz CT molecular complexity index is 1540. The second-order valence-corrected chi connectivity index (χ2v) is 11.4. The van der Waals surface area contributed by atoms with Gasteiger partial charge < -0.3 is 24.2 Å². The maximum absolute atomic E-state index is 13.8. The summed E-state index contributed by atoms with van der Waals surface area (Å²) >= 11 is 0. The molecule has 0 radical (unpaired) electrons. The molecule has 0 spiro atoms. The van der Waals surface area contributed by atoms with Gasteiger partial charge in [0.25, 0.3) is 11.7 Å². The second-order valence-electron chi connectivity index (χ2n) is 11.4. The molecule has 0 aliphatic carbocycles. The van der Waals surface area contributed by atoms with Crippen molar-refractivity contribution < 1.29 is 42.1 Å². The number of hydrogen-bond donors (Lipinski definition) is 1. The first-order valence-corrected chi connectivity index (χ1v) is 15.8. The van der Waals surface area contributed by atoms with E-state index in [0.29, 0.717) is 42.8 Å². The molecular formula is C35H41F3N3O6+. The number of esters is 1. The van der Waals surface area contributed by atoms with Crippen LogP contribution in [0.25, 0.3) is 0 Å². The molecule has 1 fully saturated rings. The fraction of sp³-hybridized carbons (Fsp3) is 0.429. The zero-order chi connectivity index (χ0) is 34.1. The van der Waals surface area contributed by atoms with E-state index >= 15 is 0 Å². The first kappa shape index (κ1) is 35.2. The van der Waals surface area contributed by atoms with Crippen LogP contribution in [0.5, 0.6) is 17.2 Å². The first-order chi connectivity index (χ1) is 22.4. The Kier molecular flexibility index (Phi) is 11.8. The third-order valence-corrected chi connectivity index (χ3v) is 7.83. The summed E-state index contributed by atoms with van der Waals surface area (Å²) in [5.74, 6) is -1.07. The van der Waals surface area contributed by atoms with Gasteiger partial charge in [-0.2, -0.15) is 13.2 Å². The van der Waals surface area contributed by atoms with Crippen LogP contribution in [-0.4, -0.2) is 57.9 Å². The monoisotopic (exact) mass is 656 g/mol. The van der Waals surface area contributed by atoms with E-state index in [1.165, 1.54) is 6.92 Å². The van der Waals surface area contributed by atoms with Crippen molar-refractivity contribution in [3.63, 3.8) is 0 Å². The number of nitrogens with zero attached hydrogens (tertiary/aromatic N) is 2. The predicted molar refractivity (Wildman–Crippen MR) is 170 cm³/mol. The number of carbonyl (C=O) groups excluding carboxylic acids is 2. The number of halogens is 3. The predicted octanol–water partition coefficient (Wildman–Crippen LogP) is 6.61. The van der Waals surface area contributed by atoms with Crippen LogP contribution >= 0.6 is 0 Å². The zero-order valence-corrected chi connectivity index (χ0v) is 26.8. The second kappa shape index (κ2) is 15.8. The van der Waals surface area contributed by atoms with Gasteiger partial charge in [-0.3, -0.25) is 15.2 Å². The Hall–Kier alpha value is -4.61. The molecular weight excluding hydrogens is 615 g/mol. The summed E-state index contributed by atoms with van der Waals surface area (Å²) < 4.78 is 58.8. The molecule has 3 N–H and O–H groups in total. The van der Waals surface area contributed by atoms with Crippen molar-refractivity contribution in [1.29, 1.82) is 5.41 Å². The lowest BCUT2D eigenvalue weighted by Crippen LogP contribution is -2.39. The summed E-state index contributed by atoms with van der Waals surface area (Å²) in [6, 6.07) is 13.1. The number of hydrogen-bond acceptors (Lipinski definition) is 7. The normalized spacial score (nSPS) is 14.4. The largest absolute Gasteiger partial charge is 0.593 e. The average molecular weight is 657 g/mol. The van der Waals surface area contributed by atoms with E-state index in [-0.39, 0.29) is 36.7 Å². The number of aryl methyl sites for hydroxylation is 1. The maximum Gasteiger partial charge on any atom is 0.433 e. The Morgan fingerprint density at radius 3 is 2.32 bits per heavy atom. The number of amides is 1. The average Bonchev–Trinajstić information content (AvgIpc) is 3.60. The van der Waals surface area contributed by atoms with Crippen LogP contribution in [0.2, 0.25) is 0 Å². The highest BCUT2D eigenvalue weighted by atomic mass is 19.4. The van der Waals surface area contributed by atoms with Crippen LogP contribution in [-0.2, 0) is 33.8 Å². The summed E-state index contributed by atoms with van der Waals surface area (Å²) in [4.78, 5) is 32.7. The van der Waals surface area contributed by atoms with E-state index in [1.54, 1.807) is 41.4 Å². The molecule has 4 rings (SSSR count). The highest BCUT2D eigenvalue weighted by Gasteiger charge is 2.40. The lowest BCUT2D eigenvalue weighted by molar-refractivity contribution is -0.164. The highest BCUT2D eigenvalue weighted by molar-refractivity contribution is 6.05. The number of nitrogens with one attached hydrogen (secondary N) is 1. The Morgan fingerprint density at radius 2 is 1.72 bits per heavy atom. The SMILES string of the molecule is CCCc1cc(C(=N)C(F)(F)F)c([OH2+])c(CCC)c1OC(C(=O)O[C@H](C)C(=O)N1CCCC1)c1ccc(OCc2ccccn2)cc1. The van der Waals surface area contributed by atoms with Gasteiger partial charge in [0.15, 0.2) is 11.8 Å². The minimum absolute atomic E-state index is 0.105. The number of likely N-dealkylation sites (tertiary alicyclic amines) is 1. The number of rotatable bonds is 14. The van der Waals surface area contributed by atoms with Crippen molar-refractivity contribution >= 4 is 17.6 Å². The van der Waals surface area contributed by atoms with Crippen molar-refractivity contribution in [2.75, 3.05) is 13.1 Å². The van der Waals surface area contributed by atoms with Crippen molar-refractivity contribution in [3.8, 4) is 17.2 Å². The van der Waals surface area contributed by atoms with E-state index < -0.39 is 41.4 Å². The van der Waals surface area contributed by atoms with Gasteiger partial charge in [-0.1, -0.05) is 44.9 Å². The van der Waals surface area contributed by atoms with Crippen LogP contribution in [0.3, 0.4) is 0 Å². The molecule has 12 heteroatoms. The maximum atomic E-state index is 13.8. The molecule has 0 saturated carbocycles. The number of carbonyl (C=O) groups is 2. The molecule has 1 aliphatic heterocycles. The number of pyridine rings is 1. The molecule has 2 atom stereocenters. The molecule has 0 bridgehead atoms. The van der Waals surface area contributed by atoms with Crippen LogP contribution < -0.4 is 9.47 Å². The Labute approximate surface area is 272 Å². The van der Waals surface area contributed by atoms with E-state index in [2.05, 4.69) is 4.98 Å². The smallest absolute Gasteiger partial charge is 0.433 e.